The maximum Gasteiger partial charge on any atom is 0.419 e. The molecule has 1 unspecified atom stereocenters. The van der Waals surface area contributed by atoms with Gasteiger partial charge in [-0.3, -0.25) is 14.2 Å². The Morgan fingerprint density at radius 1 is 1.37 bits per heavy atom. The van der Waals surface area contributed by atoms with Crippen LogP contribution in [-0.2, 0) is 7.05 Å². The van der Waals surface area contributed by atoms with Crippen LogP contribution >= 0.6 is 0 Å². The van der Waals surface area contributed by atoms with E-state index in [1.807, 2.05) is 4.90 Å². The SMILES string of the molecule is Cn1c(=O)oc2c(C(=O)NC3CCCN(c4ncc[nH]c4=O)C3)cccc21. The zero-order valence-electron chi connectivity index (χ0n) is 14.8. The van der Waals surface area contributed by atoms with E-state index in [1.54, 1.807) is 25.2 Å². The van der Waals surface area contributed by atoms with Gasteiger partial charge in [0.2, 0.25) is 0 Å². The van der Waals surface area contributed by atoms with Gasteiger partial charge >= 0.3 is 5.76 Å². The number of piperidine rings is 1. The van der Waals surface area contributed by atoms with Crippen molar-refractivity contribution >= 4 is 22.8 Å². The highest BCUT2D eigenvalue weighted by molar-refractivity contribution is 6.04. The van der Waals surface area contributed by atoms with Gasteiger partial charge in [0.05, 0.1) is 11.1 Å². The van der Waals surface area contributed by atoms with Crippen molar-refractivity contribution in [2.75, 3.05) is 18.0 Å². The fourth-order valence-corrected chi connectivity index (χ4v) is 3.45. The van der Waals surface area contributed by atoms with Crippen LogP contribution in [0.2, 0.25) is 0 Å². The second-order valence-corrected chi connectivity index (χ2v) is 6.58. The topological polar surface area (TPSA) is 113 Å². The molecule has 1 saturated heterocycles. The highest BCUT2D eigenvalue weighted by Gasteiger charge is 2.25. The fourth-order valence-electron chi connectivity index (χ4n) is 3.45. The Labute approximate surface area is 153 Å². The lowest BCUT2D eigenvalue weighted by Gasteiger charge is -2.33. The number of para-hydroxylation sites is 1. The lowest BCUT2D eigenvalue weighted by atomic mass is 10.0. The average molecular weight is 369 g/mol. The molecule has 2 aromatic heterocycles. The molecule has 3 aromatic rings. The average Bonchev–Trinajstić information content (AvgIpc) is 2.96. The van der Waals surface area contributed by atoms with E-state index in [0.717, 1.165) is 12.8 Å². The molecule has 1 amide bonds. The Balaban J connectivity index is 1.55. The van der Waals surface area contributed by atoms with Gasteiger partial charge < -0.3 is 19.6 Å². The molecule has 2 N–H and O–H groups in total. The second kappa shape index (κ2) is 6.75. The molecule has 1 aromatic carbocycles. The highest BCUT2D eigenvalue weighted by Crippen LogP contribution is 2.19. The molecule has 9 heteroatoms. The van der Waals surface area contributed by atoms with Crippen molar-refractivity contribution in [3.05, 3.63) is 57.1 Å². The number of carbonyl (C=O) groups excluding carboxylic acids is 1. The number of nitrogens with zero attached hydrogens (tertiary/aromatic N) is 3. The summed E-state index contributed by atoms with van der Waals surface area (Å²) < 4.78 is 6.59. The fraction of sp³-hybridized carbons (Fsp3) is 0.333. The molecule has 1 aliphatic heterocycles. The maximum absolute atomic E-state index is 12.8. The Kier molecular flexibility index (Phi) is 4.27. The summed E-state index contributed by atoms with van der Waals surface area (Å²) in [7, 11) is 1.60. The smallest absolute Gasteiger partial charge is 0.407 e. The van der Waals surface area contributed by atoms with Gasteiger partial charge in [0.1, 0.15) is 0 Å². The zero-order valence-corrected chi connectivity index (χ0v) is 14.8. The van der Waals surface area contributed by atoms with Gasteiger partial charge in [-0.25, -0.2) is 9.78 Å². The Morgan fingerprint density at radius 3 is 3.04 bits per heavy atom. The van der Waals surface area contributed by atoms with Crippen molar-refractivity contribution in [1.82, 2.24) is 19.9 Å². The van der Waals surface area contributed by atoms with Crippen molar-refractivity contribution in [3.8, 4) is 0 Å². The summed E-state index contributed by atoms with van der Waals surface area (Å²) in [6, 6.07) is 4.93. The van der Waals surface area contributed by atoms with Crippen LogP contribution in [0.3, 0.4) is 0 Å². The Bertz CT molecular complexity index is 1110. The molecule has 0 bridgehead atoms. The van der Waals surface area contributed by atoms with E-state index in [0.29, 0.717) is 30.0 Å². The first kappa shape index (κ1) is 17.1. The standard InChI is InChI=1S/C18H19N5O4/c1-22-13-6-2-5-12(14(13)27-18(22)26)16(24)21-11-4-3-9-23(10-11)15-17(25)20-8-7-19-15/h2,5-8,11H,3-4,9-10H2,1H3,(H,20,25)(H,21,24). The number of anilines is 1. The van der Waals surface area contributed by atoms with E-state index in [9.17, 15) is 14.4 Å². The predicted molar refractivity (Wildman–Crippen MR) is 99.0 cm³/mol. The molecule has 9 nitrogen and oxygen atoms in total. The summed E-state index contributed by atoms with van der Waals surface area (Å²) in [4.78, 5) is 45.1. The summed E-state index contributed by atoms with van der Waals surface area (Å²) in [6.45, 7) is 1.19. The second-order valence-electron chi connectivity index (χ2n) is 6.58. The number of amides is 1. The summed E-state index contributed by atoms with van der Waals surface area (Å²) >= 11 is 0. The number of aromatic nitrogens is 3. The molecular weight excluding hydrogens is 350 g/mol. The molecule has 1 fully saturated rings. The first-order valence-corrected chi connectivity index (χ1v) is 8.72. The van der Waals surface area contributed by atoms with Crippen LogP contribution in [0.4, 0.5) is 5.82 Å². The molecule has 0 spiro atoms. The van der Waals surface area contributed by atoms with Crippen LogP contribution in [-0.4, -0.2) is 39.6 Å². The lowest BCUT2D eigenvalue weighted by molar-refractivity contribution is 0.0933. The molecular formula is C18H19N5O4. The minimum Gasteiger partial charge on any atom is -0.407 e. The van der Waals surface area contributed by atoms with Gasteiger partial charge in [0, 0.05) is 38.6 Å². The van der Waals surface area contributed by atoms with Gasteiger partial charge in [-0.05, 0) is 25.0 Å². The minimum atomic E-state index is -0.511. The van der Waals surface area contributed by atoms with E-state index < -0.39 is 5.76 Å². The maximum atomic E-state index is 12.8. The lowest BCUT2D eigenvalue weighted by Crippen LogP contribution is -2.49. The molecule has 0 aliphatic carbocycles. The summed E-state index contributed by atoms with van der Waals surface area (Å²) in [6.07, 6.45) is 4.65. The molecule has 4 rings (SSSR count). The number of hydrogen-bond donors (Lipinski definition) is 2. The predicted octanol–water partition coefficient (Wildman–Crippen LogP) is 0.614. The summed E-state index contributed by atoms with van der Waals surface area (Å²) in [5.41, 5.74) is 0.910. The summed E-state index contributed by atoms with van der Waals surface area (Å²) in [5.74, 6) is -0.465. The van der Waals surface area contributed by atoms with E-state index in [-0.39, 0.29) is 23.1 Å². The van der Waals surface area contributed by atoms with Crippen LogP contribution in [0.15, 0.2) is 44.6 Å². The first-order valence-electron chi connectivity index (χ1n) is 8.72. The van der Waals surface area contributed by atoms with Crippen LogP contribution in [0.5, 0.6) is 0 Å². The van der Waals surface area contributed by atoms with E-state index in [2.05, 4.69) is 15.3 Å². The number of fused-ring (bicyclic) bond motifs is 1. The first-order chi connectivity index (χ1) is 13.0. The number of H-pyrrole nitrogens is 1. The van der Waals surface area contributed by atoms with Gasteiger partial charge in [-0.1, -0.05) is 6.07 Å². The van der Waals surface area contributed by atoms with Crippen molar-refractivity contribution in [1.29, 1.82) is 0 Å². The zero-order chi connectivity index (χ0) is 19.0. The van der Waals surface area contributed by atoms with Crippen LogP contribution in [0, 0.1) is 0 Å². The molecule has 27 heavy (non-hydrogen) atoms. The number of oxazole rings is 1. The molecule has 0 saturated carbocycles. The number of carbonyl (C=O) groups is 1. The molecule has 1 atom stereocenters. The summed E-state index contributed by atoms with van der Waals surface area (Å²) in [5, 5.41) is 2.98. The number of aromatic amines is 1. The van der Waals surface area contributed by atoms with Crippen molar-refractivity contribution < 1.29 is 9.21 Å². The monoisotopic (exact) mass is 369 g/mol. The third-order valence-corrected chi connectivity index (χ3v) is 4.81. The normalized spacial score (nSPS) is 17.2. The van der Waals surface area contributed by atoms with Crippen molar-refractivity contribution in [2.45, 2.75) is 18.9 Å². The number of benzene rings is 1. The number of hydrogen-bond acceptors (Lipinski definition) is 6. The Morgan fingerprint density at radius 2 is 2.22 bits per heavy atom. The van der Waals surface area contributed by atoms with E-state index in [1.165, 1.54) is 17.0 Å². The third-order valence-electron chi connectivity index (χ3n) is 4.81. The molecule has 140 valence electrons. The number of rotatable bonds is 3. The number of aryl methyl sites for hydroxylation is 1. The quantitative estimate of drug-likeness (QED) is 0.699. The van der Waals surface area contributed by atoms with Gasteiger partial charge in [0.25, 0.3) is 11.5 Å². The van der Waals surface area contributed by atoms with Crippen molar-refractivity contribution in [2.24, 2.45) is 7.05 Å². The molecule has 1 aliphatic rings. The van der Waals surface area contributed by atoms with Gasteiger partial charge in [-0.2, -0.15) is 0 Å². The highest BCUT2D eigenvalue weighted by atomic mass is 16.4. The van der Waals surface area contributed by atoms with Gasteiger partial charge in [0.15, 0.2) is 11.4 Å². The Hall–Kier alpha value is -3.36. The third kappa shape index (κ3) is 3.12. The largest absolute Gasteiger partial charge is 0.419 e. The van der Waals surface area contributed by atoms with Crippen LogP contribution in [0.25, 0.3) is 11.1 Å². The van der Waals surface area contributed by atoms with Crippen LogP contribution < -0.4 is 21.5 Å². The molecule has 0 radical (unpaired) electrons. The molecule has 3 heterocycles. The van der Waals surface area contributed by atoms with E-state index >= 15 is 0 Å². The van der Waals surface area contributed by atoms with Crippen LogP contribution in [0.1, 0.15) is 23.2 Å². The van der Waals surface area contributed by atoms with E-state index in [4.69, 9.17) is 4.42 Å². The van der Waals surface area contributed by atoms with Crippen molar-refractivity contribution in [3.63, 3.8) is 0 Å². The minimum absolute atomic E-state index is 0.140. The number of nitrogens with one attached hydrogen (secondary N) is 2. The van der Waals surface area contributed by atoms with Gasteiger partial charge in [-0.15, -0.1) is 0 Å².